The van der Waals surface area contributed by atoms with Gasteiger partial charge in [0.15, 0.2) is 23.3 Å². The van der Waals surface area contributed by atoms with E-state index in [1.165, 1.54) is 71.0 Å². The van der Waals surface area contributed by atoms with Gasteiger partial charge in [0.2, 0.25) is 0 Å². The first kappa shape index (κ1) is 72.5. The smallest absolute Gasteiger partial charge is 0.182 e. The second-order valence-corrected chi connectivity index (χ2v) is 30.2. The molecule has 0 radical (unpaired) electrons. The van der Waals surface area contributed by atoms with E-state index >= 15 is 0 Å². The second-order valence-electron chi connectivity index (χ2n) is 30.2. The Kier molecular flexibility index (Phi) is 18.5. The lowest BCUT2D eigenvalue weighted by atomic mass is 10.00. The number of imidazole rings is 2. The lowest BCUT2D eigenvalue weighted by Gasteiger charge is -2.10. The van der Waals surface area contributed by atoms with Crippen LogP contribution in [-0.4, -0.2) is 67.4 Å². The Morgan fingerprint density at radius 2 is 0.496 bits per heavy atom. The summed E-state index contributed by atoms with van der Waals surface area (Å²) >= 11 is 0. The molecular weight excluding hydrogens is 1510 g/mol. The predicted molar refractivity (Wildman–Crippen MR) is 499 cm³/mol. The molecule has 0 fully saturated rings. The standard InChI is InChI=1S/C39H26N4.C38H25N5.C32H21N5/c1-3-11-29(12-4-1)39-41-35(26-36(42-39)34-16-9-10-24-40-34)28-20-18-27(19-21-28)30-22-23-38-33(25-30)32-15-7-8-17-37(32)43(38)31-13-5-2-6-14-31;1-3-11-27(12-4-1)36-40-37(42-38(41-36)33-16-9-10-24-39-33)28-20-18-26(19-21-28)29-22-23-35-32(25-29)31-15-7-8-17-34(31)43(35)30-13-5-2-6-14-30;1-2-8-24(9-3-1)37-29-14-12-22(27-20-35-16-6-4-10-31(35)33-27)18-25(29)26-19-23(13-15-30(26)37)28-21-36-17-7-5-11-32(36)34-28/h1-26H;1-25H;1-21H. The molecule has 123 heavy (non-hydrogen) atoms. The van der Waals surface area contributed by atoms with Crippen molar-refractivity contribution >= 4 is 76.7 Å². The molecule has 24 aromatic rings. The minimum absolute atomic E-state index is 0.550. The number of benzene rings is 13. The molecule has 0 atom stereocenters. The lowest BCUT2D eigenvalue weighted by Crippen LogP contribution is -2.00. The third kappa shape index (κ3) is 13.9. The third-order valence-corrected chi connectivity index (χ3v) is 22.7. The van der Waals surface area contributed by atoms with E-state index in [1.807, 2.05) is 152 Å². The molecule has 0 aliphatic heterocycles. The molecule has 11 heterocycles. The van der Waals surface area contributed by atoms with Gasteiger partial charge in [-0.2, -0.15) is 0 Å². The highest BCUT2D eigenvalue weighted by molar-refractivity contribution is 6.13. The molecule has 24 rings (SSSR count). The maximum Gasteiger partial charge on any atom is 0.182 e. The van der Waals surface area contributed by atoms with Crippen LogP contribution in [0.15, 0.2) is 438 Å². The van der Waals surface area contributed by atoms with Crippen molar-refractivity contribution in [3.63, 3.8) is 0 Å². The van der Waals surface area contributed by atoms with Crippen molar-refractivity contribution in [3.05, 3.63) is 438 Å². The Balaban J connectivity index is 0.000000110. The van der Waals surface area contributed by atoms with Gasteiger partial charge >= 0.3 is 0 Å². The molecule has 0 saturated heterocycles. The molecule has 0 aliphatic carbocycles. The fourth-order valence-corrected chi connectivity index (χ4v) is 16.8. The van der Waals surface area contributed by atoms with E-state index in [0.29, 0.717) is 29.0 Å². The zero-order chi connectivity index (χ0) is 81.5. The largest absolute Gasteiger partial charge is 0.309 e. The SMILES string of the molecule is c1ccc(-c2nc(-c3ccc(-c4ccc5c(c4)c4ccccc4n5-c4ccccc4)cc3)cc(-c3ccccn3)n2)cc1.c1ccc(-c2nc(-c3ccc(-c4ccc5c(c4)c4ccccc4n5-c4ccccc4)cc3)nc(-c3ccccn3)n2)cc1.c1ccc(-n2c3ccc(-c4cn5ccccc5n4)cc3c3cc(-c4cn5ccccc5n4)ccc32)cc1. The van der Waals surface area contributed by atoms with Gasteiger partial charge in [0.05, 0.1) is 61.6 Å². The van der Waals surface area contributed by atoms with Crippen molar-refractivity contribution in [1.29, 1.82) is 0 Å². The normalized spacial score (nSPS) is 11.4. The maximum absolute atomic E-state index is 4.97. The summed E-state index contributed by atoms with van der Waals surface area (Å²) in [6.07, 6.45) is 11.8. The Hall–Kier alpha value is -17.0. The van der Waals surface area contributed by atoms with Crippen LogP contribution in [0.5, 0.6) is 0 Å². The maximum atomic E-state index is 4.97. The zero-order valence-electron chi connectivity index (χ0n) is 66.3. The van der Waals surface area contributed by atoms with Crippen LogP contribution in [0.2, 0.25) is 0 Å². The van der Waals surface area contributed by atoms with Gasteiger partial charge < -0.3 is 22.5 Å². The molecule has 0 N–H and O–H groups in total. The fourth-order valence-electron chi connectivity index (χ4n) is 16.8. The van der Waals surface area contributed by atoms with Gasteiger partial charge in [-0.05, 0) is 174 Å². The van der Waals surface area contributed by atoms with Crippen LogP contribution in [-0.2, 0) is 0 Å². The molecular formula is C109H72N14. The number of hydrogen-bond acceptors (Lipinski definition) is 9. The third-order valence-electron chi connectivity index (χ3n) is 22.7. The number of aromatic nitrogens is 14. The summed E-state index contributed by atoms with van der Waals surface area (Å²) in [7, 11) is 0. The summed E-state index contributed by atoms with van der Waals surface area (Å²) in [5.74, 6) is 2.47. The molecule has 0 saturated carbocycles. The molecule has 0 unspecified atom stereocenters. The van der Waals surface area contributed by atoms with Crippen LogP contribution < -0.4 is 0 Å². The summed E-state index contributed by atoms with van der Waals surface area (Å²) < 4.78 is 11.1. The first-order chi connectivity index (χ1) is 60.9. The molecule has 13 aromatic carbocycles. The molecule has 11 aromatic heterocycles. The van der Waals surface area contributed by atoms with Gasteiger partial charge in [-0.3, -0.25) is 9.97 Å². The molecule has 14 heteroatoms. The van der Waals surface area contributed by atoms with Crippen molar-refractivity contribution in [2.24, 2.45) is 0 Å². The Morgan fingerprint density at radius 1 is 0.171 bits per heavy atom. The average Bonchev–Trinajstić information content (AvgIpc) is 1.56. The van der Waals surface area contributed by atoms with E-state index in [4.69, 9.17) is 34.9 Å². The first-order valence-corrected chi connectivity index (χ1v) is 40.9. The first-order valence-electron chi connectivity index (χ1n) is 40.9. The van der Waals surface area contributed by atoms with Crippen LogP contribution in [0.4, 0.5) is 0 Å². The molecule has 0 bridgehead atoms. The number of para-hydroxylation sites is 5. The average molecular weight is 1580 g/mol. The number of fused-ring (bicyclic) bond motifs is 11. The van der Waals surface area contributed by atoms with Gasteiger partial charge in [0.25, 0.3) is 0 Å². The fraction of sp³-hybridized carbons (Fsp3) is 0. The molecule has 0 spiro atoms. The van der Waals surface area contributed by atoms with Gasteiger partial charge in [-0.1, -0.05) is 249 Å². The van der Waals surface area contributed by atoms with Gasteiger partial charge in [-0.25, -0.2) is 34.9 Å². The monoisotopic (exact) mass is 1580 g/mol. The van der Waals surface area contributed by atoms with Crippen LogP contribution >= 0.6 is 0 Å². The van der Waals surface area contributed by atoms with Crippen molar-refractivity contribution in [2.75, 3.05) is 0 Å². The zero-order valence-corrected chi connectivity index (χ0v) is 66.3. The molecule has 0 amide bonds. The highest BCUT2D eigenvalue weighted by Crippen LogP contribution is 2.41. The predicted octanol–water partition coefficient (Wildman–Crippen LogP) is 26.1. The Bertz CT molecular complexity index is 7370. The van der Waals surface area contributed by atoms with Gasteiger partial charge in [0, 0.05) is 120 Å². The quantitative estimate of drug-likeness (QED) is 0.110. The summed E-state index contributed by atoms with van der Waals surface area (Å²) in [5.41, 5.74) is 28.3. The minimum Gasteiger partial charge on any atom is -0.309 e. The minimum atomic E-state index is 0.550. The Labute approximate surface area is 707 Å². The van der Waals surface area contributed by atoms with Gasteiger partial charge in [-0.15, -0.1) is 0 Å². The molecule has 578 valence electrons. The highest BCUT2D eigenvalue weighted by atomic mass is 15.1. The highest BCUT2D eigenvalue weighted by Gasteiger charge is 2.21. The summed E-state index contributed by atoms with van der Waals surface area (Å²) in [6, 6.07) is 139. The van der Waals surface area contributed by atoms with E-state index in [9.17, 15) is 0 Å². The van der Waals surface area contributed by atoms with E-state index in [1.54, 1.807) is 12.4 Å². The van der Waals surface area contributed by atoms with Gasteiger partial charge in [0.1, 0.15) is 17.0 Å². The molecule has 0 aliphatic rings. The summed E-state index contributed by atoms with van der Waals surface area (Å²) in [4.78, 5) is 43.0. The molecule has 14 nitrogen and oxygen atoms in total. The van der Waals surface area contributed by atoms with E-state index in [2.05, 4.69) is 306 Å². The summed E-state index contributed by atoms with van der Waals surface area (Å²) in [6.45, 7) is 0. The van der Waals surface area contributed by atoms with Crippen LogP contribution in [0.1, 0.15) is 0 Å². The van der Waals surface area contributed by atoms with Crippen LogP contribution in [0, 0.1) is 0 Å². The number of hydrogen-bond donors (Lipinski definition) is 0. The van der Waals surface area contributed by atoms with Crippen molar-refractivity contribution in [2.45, 2.75) is 0 Å². The van der Waals surface area contributed by atoms with Crippen LogP contribution in [0.25, 0.3) is 207 Å². The van der Waals surface area contributed by atoms with E-state index in [0.717, 1.165) is 107 Å². The number of rotatable bonds is 13. The van der Waals surface area contributed by atoms with Crippen molar-refractivity contribution in [1.82, 2.24) is 67.4 Å². The number of pyridine rings is 4. The number of nitrogens with zero attached hydrogens (tertiary/aromatic N) is 14. The van der Waals surface area contributed by atoms with E-state index in [-0.39, 0.29) is 0 Å². The lowest BCUT2D eigenvalue weighted by molar-refractivity contribution is 1.06. The van der Waals surface area contributed by atoms with Crippen molar-refractivity contribution < 1.29 is 0 Å². The second kappa shape index (κ2) is 31.5. The van der Waals surface area contributed by atoms with E-state index < -0.39 is 0 Å². The van der Waals surface area contributed by atoms with Crippen molar-refractivity contribution in [3.8, 4) is 130 Å². The van der Waals surface area contributed by atoms with Crippen LogP contribution in [0.3, 0.4) is 0 Å². The Morgan fingerprint density at radius 3 is 0.935 bits per heavy atom. The topological polar surface area (TPSA) is 140 Å². The summed E-state index contributed by atoms with van der Waals surface area (Å²) in [5, 5.41) is 7.34.